The number of thiazole rings is 1. The Morgan fingerprint density at radius 2 is 2.04 bits per heavy atom. The molecule has 0 saturated carbocycles. The fourth-order valence-electron chi connectivity index (χ4n) is 2.64. The molecule has 0 spiro atoms. The van der Waals surface area contributed by atoms with E-state index in [1.54, 1.807) is 28.9 Å². The summed E-state index contributed by atoms with van der Waals surface area (Å²) in [5, 5.41) is 11.8. The van der Waals surface area contributed by atoms with Crippen LogP contribution in [0.15, 0.2) is 52.4 Å². The number of rotatable bonds is 3. The van der Waals surface area contributed by atoms with Crippen molar-refractivity contribution in [2.45, 2.75) is 12.2 Å². The molecule has 3 aromatic heterocycles. The molecular weight excluding hydrogens is 326 g/mol. The summed E-state index contributed by atoms with van der Waals surface area (Å²) in [7, 11) is 1.92. The summed E-state index contributed by atoms with van der Waals surface area (Å²) < 4.78 is 0. The van der Waals surface area contributed by atoms with Gasteiger partial charge in [-0.2, -0.15) is 0 Å². The highest BCUT2D eigenvalue weighted by molar-refractivity contribution is 7.12. The van der Waals surface area contributed by atoms with Crippen LogP contribution in [0.5, 0.6) is 0 Å². The van der Waals surface area contributed by atoms with Gasteiger partial charge in [-0.25, -0.2) is 9.97 Å². The minimum absolute atomic E-state index is 0.0627. The Bertz CT molecular complexity index is 811. The van der Waals surface area contributed by atoms with Crippen LogP contribution in [-0.4, -0.2) is 28.9 Å². The van der Waals surface area contributed by atoms with Gasteiger partial charge in [-0.05, 0) is 30.6 Å². The number of nitrogens with one attached hydrogen (secondary N) is 2. The van der Waals surface area contributed by atoms with Crippen molar-refractivity contribution >= 4 is 34.2 Å². The molecule has 0 aromatic carbocycles. The van der Waals surface area contributed by atoms with E-state index in [1.807, 2.05) is 30.8 Å². The third-order valence-electron chi connectivity index (χ3n) is 3.71. The van der Waals surface area contributed by atoms with Crippen molar-refractivity contribution in [1.29, 1.82) is 0 Å². The van der Waals surface area contributed by atoms with Gasteiger partial charge in [0, 0.05) is 23.3 Å². The van der Waals surface area contributed by atoms with Gasteiger partial charge in [0.1, 0.15) is 23.0 Å². The lowest BCUT2D eigenvalue weighted by atomic mass is 10.1. The Balaban J connectivity index is 1.91. The van der Waals surface area contributed by atoms with Crippen molar-refractivity contribution in [3.8, 4) is 0 Å². The number of hydrogen-bond acceptors (Lipinski definition) is 7. The molecule has 0 saturated heterocycles. The van der Waals surface area contributed by atoms with Crippen molar-refractivity contribution in [3.05, 3.63) is 62.9 Å². The van der Waals surface area contributed by atoms with Crippen LogP contribution in [-0.2, 0) is 0 Å². The van der Waals surface area contributed by atoms with Gasteiger partial charge in [0.05, 0.1) is 10.6 Å². The summed E-state index contributed by atoms with van der Waals surface area (Å²) in [5.41, 5.74) is 1.99. The van der Waals surface area contributed by atoms with E-state index in [-0.39, 0.29) is 12.2 Å². The van der Waals surface area contributed by atoms with Crippen molar-refractivity contribution in [3.63, 3.8) is 0 Å². The van der Waals surface area contributed by atoms with Gasteiger partial charge in [-0.3, -0.25) is 10.3 Å². The average Bonchev–Trinajstić information content (AvgIpc) is 3.26. The molecule has 0 fully saturated rings. The highest BCUT2D eigenvalue weighted by atomic mass is 32.1. The molecule has 0 amide bonds. The first-order valence-corrected chi connectivity index (χ1v) is 9.03. The second-order valence-electron chi connectivity index (χ2n) is 5.08. The normalized spacial score (nSPS) is 20.3. The van der Waals surface area contributed by atoms with Gasteiger partial charge in [0.15, 0.2) is 0 Å². The van der Waals surface area contributed by atoms with E-state index in [0.717, 1.165) is 27.0 Å². The summed E-state index contributed by atoms with van der Waals surface area (Å²) in [6, 6.07) is 8.04. The fraction of sp³-hybridized carbons (Fsp3) is 0.188. The van der Waals surface area contributed by atoms with E-state index < -0.39 is 0 Å². The first kappa shape index (κ1) is 14.5. The predicted octanol–water partition coefficient (Wildman–Crippen LogP) is 3.15. The molecule has 0 aliphatic carbocycles. The molecule has 116 valence electrons. The topological polar surface area (TPSA) is 62.2 Å². The van der Waals surface area contributed by atoms with E-state index in [9.17, 15) is 0 Å². The Morgan fingerprint density at radius 3 is 2.78 bits per heavy atom. The first-order valence-electron chi connectivity index (χ1n) is 7.27. The predicted molar refractivity (Wildman–Crippen MR) is 95.5 cm³/mol. The number of pyridine rings is 1. The number of fused-ring (bicyclic) bond motifs is 1. The smallest absolute Gasteiger partial charge is 0.136 e. The van der Waals surface area contributed by atoms with Crippen LogP contribution in [0, 0.1) is 0 Å². The van der Waals surface area contributed by atoms with Gasteiger partial charge in [0.25, 0.3) is 0 Å². The molecule has 2 N–H and O–H groups in total. The van der Waals surface area contributed by atoms with Crippen molar-refractivity contribution in [2.75, 3.05) is 12.4 Å². The summed E-state index contributed by atoms with van der Waals surface area (Å²) in [6.07, 6.45) is 3.56. The highest BCUT2D eigenvalue weighted by Gasteiger charge is 2.30. The third-order valence-corrected chi connectivity index (χ3v) is 5.43. The molecule has 5 nitrogen and oxygen atoms in total. The summed E-state index contributed by atoms with van der Waals surface area (Å²) in [6.45, 7) is 0. The average molecular weight is 341 g/mol. The maximum Gasteiger partial charge on any atom is 0.136 e. The number of nitrogens with zero attached hydrogens (tertiary/aromatic N) is 3. The molecule has 7 heteroatoms. The maximum absolute atomic E-state index is 5.06. The lowest BCUT2D eigenvalue weighted by molar-refractivity contribution is 0.521. The zero-order chi connectivity index (χ0) is 15.6. The molecule has 3 aromatic rings. The molecule has 23 heavy (non-hydrogen) atoms. The molecule has 1 aliphatic heterocycles. The van der Waals surface area contributed by atoms with Crippen LogP contribution in [0.4, 0.5) is 5.82 Å². The quantitative estimate of drug-likeness (QED) is 0.768. The second kappa shape index (κ2) is 6.19. The minimum Gasteiger partial charge on any atom is -0.352 e. The fourth-order valence-corrected chi connectivity index (χ4v) is 4.09. The molecular formula is C16H15N5S2. The highest BCUT2D eigenvalue weighted by Crippen LogP contribution is 2.32. The summed E-state index contributed by atoms with van der Waals surface area (Å²) in [5.74, 6) is 0.845. The van der Waals surface area contributed by atoms with Crippen molar-refractivity contribution < 1.29 is 0 Å². The van der Waals surface area contributed by atoms with E-state index in [1.165, 1.54) is 0 Å². The Hall–Kier alpha value is -2.09. The zero-order valence-electron chi connectivity index (χ0n) is 12.4. The third kappa shape index (κ3) is 2.67. The van der Waals surface area contributed by atoms with Crippen LogP contribution in [0.3, 0.4) is 0 Å². The Kier molecular flexibility index (Phi) is 3.90. The Morgan fingerprint density at radius 1 is 1.09 bits per heavy atom. The number of thiophene rings is 1. The number of hydrogen-bond donors (Lipinski definition) is 2. The van der Waals surface area contributed by atoms with Gasteiger partial charge >= 0.3 is 0 Å². The van der Waals surface area contributed by atoms with Crippen molar-refractivity contribution in [2.24, 2.45) is 4.99 Å². The SMILES string of the molecule is CNC1Nc2ncccc2C(c2cccs2)=NC1c1nccs1. The van der Waals surface area contributed by atoms with E-state index in [2.05, 4.69) is 38.1 Å². The minimum atomic E-state index is -0.105. The molecule has 0 radical (unpaired) electrons. The molecule has 1 aliphatic rings. The lowest BCUT2D eigenvalue weighted by Gasteiger charge is -2.22. The molecule has 2 unspecified atom stereocenters. The standard InChI is InChI=1S/C16H15N5S2/c1-17-15-13(16-19-7-9-23-16)20-12(11-5-3-8-22-11)10-4-2-6-18-14(10)21-15/h2-9,13,15,17H,1H3,(H,18,21). The largest absolute Gasteiger partial charge is 0.352 e. The maximum atomic E-state index is 5.06. The molecule has 2 atom stereocenters. The Labute approximate surface area is 142 Å². The summed E-state index contributed by atoms with van der Waals surface area (Å²) >= 11 is 3.31. The van der Waals surface area contributed by atoms with Crippen molar-refractivity contribution in [1.82, 2.24) is 15.3 Å². The van der Waals surface area contributed by atoms with E-state index in [0.29, 0.717) is 0 Å². The van der Waals surface area contributed by atoms with Crippen LogP contribution in [0.2, 0.25) is 0 Å². The summed E-state index contributed by atoms with van der Waals surface area (Å²) in [4.78, 5) is 15.2. The van der Waals surface area contributed by atoms with Gasteiger partial charge in [-0.15, -0.1) is 22.7 Å². The number of aromatic nitrogens is 2. The molecule has 4 rings (SSSR count). The molecule has 4 heterocycles. The lowest BCUT2D eigenvalue weighted by Crippen LogP contribution is -2.38. The van der Waals surface area contributed by atoms with Gasteiger partial charge in [0.2, 0.25) is 0 Å². The second-order valence-corrected chi connectivity index (χ2v) is 6.95. The van der Waals surface area contributed by atoms with E-state index >= 15 is 0 Å². The number of aliphatic imine (C=N–C) groups is 1. The number of likely N-dealkylation sites (N-methyl/N-ethyl adjacent to an activating group) is 1. The monoisotopic (exact) mass is 341 g/mol. The first-order chi connectivity index (χ1) is 11.4. The van der Waals surface area contributed by atoms with Crippen LogP contribution in [0.25, 0.3) is 0 Å². The van der Waals surface area contributed by atoms with Gasteiger partial charge < -0.3 is 5.32 Å². The van der Waals surface area contributed by atoms with Gasteiger partial charge in [-0.1, -0.05) is 6.07 Å². The zero-order valence-corrected chi connectivity index (χ0v) is 14.1. The number of anilines is 1. The van der Waals surface area contributed by atoms with E-state index in [4.69, 9.17) is 4.99 Å². The van der Waals surface area contributed by atoms with Crippen LogP contribution >= 0.6 is 22.7 Å². The van der Waals surface area contributed by atoms with Crippen LogP contribution in [0.1, 0.15) is 21.5 Å². The van der Waals surface area contributed by atoms with Crippen LogP contribution < -0.4 is 10.6 Å². The molecule has 0 bridgehead atoms.